The first-order valence-corrected chi connectivity index (χ1v) is 7.30. The highest BCUT2D eigenvalue weighted by molar-refractivity contribution is 7.11. The molecule has 0 aliphatic heterocycles. The summed E-state index contributed by atoms with van der Waals surface area (Å²) in [6.07, 6.45) is 1.90. The second-order valence-electron chi connectivity index (χ2n) is 4.72. The third kappa shape index (κ3) is 5.04. The van der Waals surface area contributed by atoms with E-state index in [9.17, 15) is 0 Å². The van der Waals surface area contributed by atoms with Crippen LogP contribution < -0.4 is 10.6 Å². The Morgan fingerprint density at radius 1 is 1.44 bits per heavy atom. The van der Waals surface area contributed by atoms with Crippen LogP contribution in [0.5, 0.6) is 0 Å². The summed E-state index contributed by atoms with van der Waals surface area (Å²) >= 11 is 1.70. The van der Waals surface area contributed by atoms with Gasteiger partial charge in [-0.05, 0) is 26.7 Å². The van der Waals surface area contributed by atoms with E-state index in [0.29, 0.717) is 18.5 Å². The summed E-state index contributed by atoms with van der Waals surface area (Å²) in [5.74, 6) is 1.46. The summed E-state index contributed by atoms with van der Waals surface area (Å²) in [6.45, 7) is 12.2. The maximum atomic E-state index is 4.58. The van der Waals surface area contributed by atoms with E-state index in [0.717, 1.165) is 17.5 Å². The van der Waals surface area contributed by atoms with Gasteiger partial charge in [0, 0.05) is 23.7 Å². The molecule has 1 aromatic heterocycles. The van der Waals surface area contributed by atoms with Gasteiger partial charge in [-0.25, -0.2) is 9.98 Å². The molecule has 0 bridgehead atoms. The molecular weight excluding hydrogens is 244 g/mol. The second-order valence-corrected chi connectivity index (χ2v) is 6.04. The van der Waals surface area contributed by atoms with Crippen molar-refractivity contribution in [3.8, 4) is 0 Å². The molecule has 0 saturated carbocycles. The zero-order valence-corrected chi connectivity index (χ0v) is 12.8. The summed E-state index contributed by atoms with van der Waals surface area (Å²) < 4.78 is 0. The fourth-order valence-corrected chi connectivity index (χ4v) is 2.06. The van der Waals surface area contributed by atoms with Crippen LogP contribution in [0, 0.1) is 12.8 Å². The second kappa shape index (κ2) is 7.36. The van der Waals surface area contributed by atoms with Crippen molar-refractivity contribution < 1.29 is 0 Å². The molecule has 0 saturated heterocycles. The largest absolute Gasteiger partial charge is 0.357 e. The van der Waals surface area contributed by atoms with E-state index < -0.39 is 0 Å². The molecule has 0 unspecified atom stereocenters. The quantitative estimate of drug-likeness (QED) is 0.637. The molecule has 0 aromatic carbocycles. The zero-order valence-electron chi connectivity index (χ0n) is 11.9. The van der Waals surface area contributed by atoms with Crippen LogP contribution in [0.3, 0.4) is 0 Å². The van der Waals surface area contributed by atoms with Crippen LogP contribution in [-0.2, 0) is 6.54 Å². The maximum Gasteiger partial charge on any atom is 0.191 e. The van der Waals surface area contributed by atoms with E-state index in [1.807, 2.05) is 13.1 Å². The fourth-order valence-electron chi connectivity index (χ4n) is 1.34. The molecule has 0 radical (unpaired) electrons. The fraction of sp³-hybridized carbons (Fsp3) is 0.692. The Bertz CT molecular complexity index is 384. The van der Waals surface area contributed by atoms with E-state index >= 15 is 0 Å². The normalized spacial score (nSPS) is 13.8. The van der Waals surface area contributed by atoms with Crippen molar-refractivity contribution in [2.45, 2.75) is 47.2 Å². The highest BCUT2D eigenvalue weighted by Gasteiger charge is 2.08. The van der Waals surface area contributed by atoms with Gasteiger partial charge in [-0.15, -0.1) is 11.3 Å². The van der Waals surface area contributed by atoms with Gasteiger partial charge in [0.25, 0.3) is 0 Å². The molecule has 0 spiro atoms. The number of nitrogens with one attached hydrogen (secondary N) is 2. The number of aryl methyl sites for hydroxylation is 1. The zero-order chi connectivity index (χ0) is 13.5. The molecule has 1 rings (SSSR count). The molecular formula is C13H24N4S. The molecule has 0 aliphatic rings. The molecule has 1 aromatic rings. The number of hydrogen-bond donors (Lipinski definition) is 2. The number of hydrogen-bond acceptors (Lipinski definition) is 3. The van der Waals surface area contributed by atoms with Gasteiger partial charge in [-0.1, -0.05) is 13.8 Å². The number of nitrogens with zero attached hydrogens (tertiary/aromatic N) is 2. The van der Waals surface area contributed by atoms with Gasteiger partial charge >= 0.3 is 0 Å². The molecule has 18 heavy (non-hydrogen) atoms. The molecule has 1 atom stereocenters. The molecule has 0 aliphatic carbocycles. The van der Waals surface area contributed by atoms with E-state index in [4.69, 9.17) is 0 Å². The summed E-state index contributed by atoms with van der Waals surface area (Å²) in [7, 11) is 0. The first-order valence-electron chi connectivity index (χ1n) is 6.49. The highest BCUT2D eigenvalue weighted by atomic mass is 32.1. The number of aromatic nitrogens is 1. The summed E-state index contributed by atoms with van der Waals surface area (Å²) in [6, 6.07) is 0.408. The lowest BCUT2D eigenvalue weighted by molar-refractivity contribution is 0.481. The van der Waals surface area contributed by atoms with Crippen LogP contribution in [0.1, 0.15) is 37.6 Å². The van der Waals surface area contributed by atoms with Crippen molar-refractivity contribution in [3.05, 3.63) is 16.1 Å². The smallest absolute Gasteiger partial charge is 0.191 e. The van der Waals surface area contributed by atoms with Crippen LogP contribution in [0.4, 0.5) is 0 Å². The first kappa shape index (κ1) is 15.0. The standard InChI is InChI=1S/C13H24N4S/c1-6-14-13(17-10(4)9(2)3)16-8-12-7-15-11(5)18-12/h7,9-10H,6,8H2,1-5H3,(H2,14,16,17)/t10-/m1/s1. The lowest BCUT2D eigenvalue weighted by Crippen LogP contribution is -2.44. The molecule has 1 heterocycles. The first-order chi connectivity index (χ1) is 8.52. The van der Waals surface area contributed by atoms with Gasteiger partial charge in [0.15, 0.2) is 5.96 Å². The molecule has 5 heteroatoms. The van der Waals surface area contributed by atoms with Crippen molar-refractivity contribution in [3.63, 3.8) is 0 Å². The van der Waals surface area contributed by atoms with Crippen LogP contribution >= 0.6 is 11.3 Å². The van der Waals surface area contributed by atoms with Crippen LogP contribution in [0.25, 0.3) is 0 Å². The minimum atomic E-state index is 0.408. The predicted octanol–water partition coefficient (Wildman–Crippen LogP) is 2.55. The number of rotatable bonds is 5. The molecule has 0 fully saturated rings. The van der Waals surface area contributed by atoms with Crippen LogP contribution in [-0.4, -0.2) is 23.5 Å². The Hall–Kier alpha value is -1.10. The van der Waals surface area contributed by atoms with E-state index in [-0.39, 0.29) is 0 Å². The number of thiazole rings is 1. The topological polar surface area (TPSA) is 49.3 Å². The molecule has 2 N–H and O–H groups in total. The lowest BCUT2D eigenvalue weighted by Gasteiger charge is -2.20. The van der Waals surface area contributed by atoms with Crippen molar-refractivity contribution in [2.75, 3.05) is 6.54 Å². The van der Waals surface area contributed by atoms with Gasteiger partial charge in [0.2, 0.25) is 0 Å². The van der Waals surface area contributed by atoms with E-state index in [1.54, 1.807) is 11.3 Å². The summed E-state index contributed by atoms with van der Waals surface area (Å²) in [4.78, 5) is 10.0. The summed E-state index contributed by atoms with van der Waals surface area (Å²) in [5, 5.41) is 7.78. The Morgan fingerprint density at radius 3 is 2.67 bits per heavy atom. The Morgan fingerprint density at radius 2 is 2.17 bits per heavy atom. The molecule has 0 amide bonds. The third-order valence-electron chi connectivity index (χ3n) is 2.77. The Labute approximate surface area is 114 Å². The van der Waals surface area contributed by atoms with Gasteiger partial charge in [0.1, 0.15) is 0 Å². The van der Waals surface area contributed by atoms with Crippen molar-refractivity contribution >= 4 is 17.3 Å². The maximum absolute atomic E-state index is 4.58. The van der Waals surface area contributed by atoms with Crippen molar-refractivity contribution in [2.24, 2.45) is 10.9 Å². The summed E-state index contributed by atoms with van der Waals surface area (Å²) in [5.41, 5.74) is 0. The minimum Gasteiger partial charge on any atom is -0.357 e. The Kier molecular flexibility index (Phi) is 6.12. The van der Waals surface area contributed by atoms with Gasteiger partial charge in [0.05, 0.1) is 11.6 Å². The van der Waals surface area contributed by atoms with Crippen LogP contribution in [0.2, 0.25) is 0 Å². The van der Waals surface area contributed by atoms with E-state index in [1.165, 1.54) is 4.88 Å². The van der Waals surface area contributed by atoms with Crippen molar-refractivity contribution in [1.29, 1.82) is 0 Å². The minimum absolute atomic E-state index is 0.408. The number of guanidine groups is 1. The lowest BCUT2D eigenvalue weighted by atomic mass is 10.1. The van der Waals surface area contributed by atoms with Crippen LogP contribution in [0.15, 0.2) is 11.2 Å². The molecule has 102 valence electrons. The SMILES string of the molecule is CCNC(=NCc1cnc(C)s1)N[C@H](C)C(C)C. The van der Waals surface area contributed by atoms with Gasteiger partial charge in [-0.3, -0.25) is 0 Å². The van der Waals surface area contributed by atoms with E-state index in [2.05, 4.69) is 48.3 Å². The third-order valence-corrected chi connectivity index (χ3v) is 3.67. The van der Waals surface area contributed by atoms with Gasteiger partial charge in [-0.2, -0.15) is 0 Å². The van der Waals surface area contributed by atoms with Crippen molar-refractivity contribution in [1.82, 2.24) is 15.6 Å². The Balaban J connectivity index is 2.60. The predicted molar refractivity (Wildman–Crippen MR) is 79.1 cm³/mol. The average molecular weight is 268 g/mol. The monoisotopic (exact) mass is 268 g/mol. The number of aliphatic imine (C=N–C) groups is 1. The highest BCUT2D eigenvalue weighted by Crippen LogP contribution is 2.12. The molecule has 4 nitrogen and oxygen atoms in total. The van der Waals surface area contributed by atoms with Gasteiger partial charge < -0.3 is 10.6 Å². The average Bonchev–Trinajstić information content (AvgIpc) is 2.72.